The van der Waals surface area contributed by atoms with E-state index >= 15 is 0 Å². The Morgan fingerprint density at radius 1 is 1.35 bits per heavy atom. The van der Waals surface area contributed by atoms with Crippen LogP contribution in [0.5, 0.6) is 0 Å². The van der Waals surface area contributed by atoms with Crippen molar-refractivity contribution in [2.45, 2.75) is 31.0 Å². The minimum atomic E-state index is -0.150. The molecule has 4 rings (SSSR count). The summed E-state index contributed by atoms with van der Waals surface area (Å²) in [5.41, 5.74) is 1.48. The lowest BCUT2D eigenvalue weighted by Crippen LogP contribution is -2.23. The molecule has 2 aromatic heterocycles. The van der Waals surface area contributed by atoms with E-state index in [9.17, 15) is 9.59 Å². The lowest BCUT2D eigenvalue weighted by molar-refractivity contribution is -0.113. The van der Waals surface area contributed by atoms with Gasteiger partial charge in [-0.25, -0.2) is 4.98 Å². The van der Waals surface area contributed by atoms with E-state index < -0.39 is 0 Å². The highest BCUT2D eigenvalue weighted by molar-refractivity contribution is 7.99. The highest BCUT2D eigenvalue weighted by Crippen LogP contribution is 2.36. The Kier molecular flexibility index (Phi) is 4.28. The molecule has 1 saturated carbocycles. The lowest BCUT2D eigenvalue weighted by Gasteiger charge is -2.12. The molecule has 1 aliphatic rings. The number of aromatic nitrogens is 4. The van der Waals surface area contributed by atoms with Gasteiger partial charge in [0.2, 0.25) is 5.91 Å². The van der Waals surface area contributed by atoms with Crippen molar-refractivity contribution in [2.75, 3.05) is 11.1 Å². The molecule has 0 unspecified atom stereocenters. The van der Waals surface area contributed by atoms with Crippen molar-refractivity contribution in [1.29, 1.82) is 0 Å². The summed E-state index contributed by atoms with van der Waals surface area (Å²) < 4.78 is 3.38. The van der Waals surface area contributed by atoms with Crippen molar-refractivity contribution in [3.05, 3.63) is 46.4 Å². The van der Waals surface area contributed by atoms with Crippen LogP contribution in [0.3, 0.4) is 0 Å². The molecule has 0 atom stereocenters. The maximum absolute atomic E-state index is 12.8. The van der Waals surface area contributed by atoms with Crippen LogP contribution in [0, 0.1) is 6.92 Å². The SMILES string of the molecule is Cc1cc(NC(=O)CSc2nc3ccccc3c(=O)n2C2CC2)n(C)n1. The van der Waals surface area contributed by atoms with Crippen LogP contribution in [-0.4, -0.2) is 31.0 Å². The van der Waals surface area contributed by atoms with Crippen molar-refractivity contribution >= 4 is 34.4 Å². The van der Waals surface area contributed by atoms with Crippen molar-refractivity contribution in [3.8, 4) is 0 Å². The predicted molar refractivity (Wildman–Crippen MR) is 102 cm³/mol. The van der Waals surface area contributed by atoms with E-state index in [0.29, 0.717) is 21.9 Å². The molecule has 7 nitrogen and oxygen atoms in total. The number of benzene rings is 1. The number of aryl methyl sites for hydroxylation is 2. The smallest absolute Gasteiger partial charge is 0.262 e. The van der Waals surface area contributed by atoms with Crippen LogP contribution in [0.1, 0.15) is 24.6 Å². The average molecular weight is 369 g/mol. The Balaban J connectivity index is 1.57. The third kappa shape index (κ3) is 3.24. The molecular weight excluding hydrogens is 350 g/mol. The minimum Gasteiger partial charge on any atom is -0.310 e. The summed E-state index contributed by atoms with van der Waals surface area (Å²) in [6.07, 6.45) is 1.96. The van der Waals surface area contributed by atoms with Crippen LogP contribution < -0.4 is 10.9 Å². The molecule has 1 aliphatic carbocycles. The van der Waals surface area contributed by atoms with Crippen molar-refractivity contribution in [1.82, 2.24) is 19.3 Å². The van der Waals surface area contributed by atoms with E-state index in [-0.39, 0.29) is 23.3 Å². The van der Waals surface area contributed by atoms with E-state index in [1.807, 2.05) is 31.2 Å². The number of nitrogens with zero attached hydrogens (tertiary/aromatic N) is 4. The van der Waals surface area contributed by atoms with Crippen molar-refractivity contribution < 1.29 is 4.79 Å². The first-order chi connectivity index (χ1) is 12.5. The van der Waals surface area contributed by atoms with Crippen molar-refractivity contribution in [2.24, 2.45) is 7.05 Å². The number of rotatable bonds is 5. The Labute approximate surface area is 154 Å². The molecular formula is C18H19N5O2S. The first-order valence-electron chi connectivity index (χ1n) is 8.47. The zero-order valence-electron chi connectivity index (χ0n) is 14.6. The minimum absolute atomic E-state index is 0.0248. The maximum atomic E-state index is 12.8. The average Bonchev–Trinajstić information content (AvgIpc) is 3.39. The second-order valence-corrected chi connectivity index (χ2v) is 7.39. The molecule has 134 valence electrons. The van der Waals surface area contributed by atoms with Gasteiger partial charge in [-0.05, 0) is 31.9 Å². The van der Waals surface area contributed by atoms with Gasteiger partial charge in [0.15, 0.2) is 5.16 Å². The van der Waals surface area contributed by atoms with Crippen molar-refractivity contribution in [3.63, 3.8) is 0 Å². The third-order valence-electron chi connectivity index (χ3n) is 4.29. The fourth-order valence-electron chi connectivity index (χ4n) is 2.92. The Hall–Kier alpha value is -2.61. The van der Waals surface area contributed by atoms with E-state index in [1.54, 1.807) is 22.4 Å². The van der Waals surface area contributed by atoms with Crippen LogP contribution in [-0.2, 0) is 11.8 Å². The summed E-state index contributed by atoms with van der Waals surface area (Å²) in [7, 11) is 1.78. The number of thioether (sulfide) groups is 1. The number of carbonyl (C=O) groups is 1. The molecule has 1 amide bonds. The van der Waals surface area contributed by atoms with Crippen LogP contribution >= 0.6 is 11.8 Å². The van der Waals surface area contributed by atoms with Gasteiger partial charge in [-0.15, -0.1) is 0 Å². The Morgan fingerprint density at radius 2 is 2.12 bits per heavy atom. The summed E-state index contributed by atoms with van der Waals surface area (Å²) in [4.78, 5) is 29.7. The monoisotopic (exact) mass is 369 g/mol. The van der Waals surface area contributed by atoms with E-state index in [1.165, 1.54) is 11.8 Å². The van der Waals surface area contributed by atoms with E-state index in [2.05, 4.69) is 15.4 Å². The number of anilines is 1. The zero-order chi connectivity index (χ0) is 18.3. The largest absolute Gasteiger partial charge is 0.310 e. The van der Waals surface area contributed by atoms with Gasteiger partial charge in [-0.3, -0.25) is 18.8 Å². The van der Waals surface area contributed by atoms with Gasteiger partial charge in [0.1, 0.15) is 5.82 Å². The predicted octanol–water partition coefficient (Wildman–Crippen LogP) is 2.50. The lowest BCUT2D eigenvalue weighted by atomic mass is 10.2. The van der Waals surface area contributed by atoms with Gasteiger partial charge in [-0.1, -0.05) is 23.9 Å². The number of amides is 1. The molecule has 0 radical (unpaired) electrons. The maximum Gasteiger partial charge on any atom is 0.262 e. The number of hydrogen-bond donors (Lipinski definition) is 1. The highest BCUT2D eigenvalue weighted by Gasteiger charge is 2.28. The van der Waals surface area contributed by atoms with Gasteiger partial charge >= 0.3 is 0 Å². The standard InChI is InChI=1S/C18H19N5O2S/c1-11-9-15(22(2)21-11)20-16(24)10-26-18-19-14-6-4-3-5-13(14)17(25)23(18)12-7-8-12/h3-6,9,12H,7-8,10H2,1-2H3,(H,20,24). The molecule has 3 aromatic rings. The first kappa shape index (κ1) is 16.8. The number of para-hydroxylation sites is 1. The molecule has 2 heterocycles. The van der Waals surface area contributed by atoms with Crippen LogP contribution in [0.4, 0.5) is 5.82 Å². The number of fused-ring (bicyclic) bond motifs is 1. The van der Waals surface area contributed by atoms with Crippen LogP contribution in [0.15, 0.2) is 40.3 Å². The molecule has 26 heavy (non-hydrogen) atoms. The molecule has 1 aromatic carbocycles. The topological polar surface area (TPSA) is 81.8 Å². The van der Waals surface area contributed by atoms with E-state index in [4.69, 9.17) is 0 Å². The first-order valence-corrected chi connectivity index (χ1v) is 9.46. The third-order valence-corrected chi connectivity index (χ3v) is 5.24. The molecule has 1 N–H and O–H groups in total. The Bertz CT molecular complexity index is 1050. The van der Waals surface area contributed by atoms with E-state index in [0.717, 1.165) is 18.5 Å². The molecule has 0 saturated heterocycles. The quantitative estimate of drug-likeness (QED) is 0.552. The van der Waals surface area contributed by atoms with Gasteiger partial charge in [0.25, 0.3) is 5.56 Å². The number of hydrogen-bond acceptors (Lipinski definition) is 5. The normalized spacial score (nSPS) is 13.9. The second-order valence-electron chi connectivity index (χ2n) is 6.45. The molecule has 0 aliphatic heterocycles. The number of carbonyl (C=O) groups excluding carboxylic acids is 1. The van der Waals surface area contributed by atoms with Gasteiger partial charge in [-0.2, -0.15) is 5.10 Å². The fourth-order valence-corrected chi connectivity index (χ4v) is 3.79. The summed E-state index contributed by atoms with van der Waals surface area (Å²) in [5, 5.41) is 8.28. The zero-order valence-corrected chi connectivity index (χ0v) is 15.4. The molecule has 1 fully saturated rings. The number of nitrogens with one attached hydrogen (secondary N) is 1. The van der Waals surface area contributed by atoms with Gasteiger partial charge in [0, 0.05) is 19.2 Å². The molecule has 0 bridgehead atoms. The van der Waals surface area contributed by atoms with Crippen LogP contribution in [0.25, 0.3) is 10.9 Å². The molecule has 8 heteroatoms. The van der Waals surface area contributed by atoms with Gasteiger partial charge in [0.05, 0.1) is 22.3 Å². The fraction of sp³-hybridized carbons (Fsp3) is 0.333. The summed E-state index contributed by atoms with van der Waals surface area (Å²) in [6, 6.07) is 9.36. The summed E-state index contributed by atoms with van der Waals surface area (Å²) in [6.45, 7) is 1.87. The highest BCUT2D eigenvalue weighted by atomic mass is 32.2. The second kappa shape index (κ2) is 6.60. The summed E-state index contributed by atoms with van der Waals surface area (Å²) in [5.74, 6) is 0.684. The van der Waals surface area contributed by atoms with Gasteiger partial charge < -0.3 is 5.32 Å². The Morgan fingerprint density at radius 3 is 2.81 bits per heavy atom. The van der Waals surface area contributed by atoms with Crippen LogP contribution in [0.2, 0.25) is 0 Å². The summed E-state index contributed by atoms with van der Waals surface area (Å²) >= 11 is 1.29. The molecule has 0 spiro atoms.